The number of halogens is 2. The van der Waals surface area contributed by atoms with Gasteiger partial charge in [0.05, 0.1) is 16.7 Å². The maximum Gasteiger partial charge on any atom is 0.256 e. The molecule has 0 fully saturated rings. The lowest BCUT2D eigenvalue weighted by molar-refractivity contribution is 0.0731. The van der Waals surface area contributed by atoms with Gasteiger partial charge in [0, 0.05) is 12.2 Å². The van der Waals surface area contributed by atoms with Crippen molar-refractivity contribution in [3.63, 3.8) is 0 Å². The summed E-state index contributed by atoms with van der Waals surface area (Å²) in [7, 11) is 0. The summed E-state index contributed by atoms with van der Waals surface area (Å²) in [6, 6.07) is 3.26. The van der Waals surface area contributed by atoms with Crippen LogP contribution in [0.25, 0.3) is 0 Å². The van der Waals surface area contributed by atoms with Crippen molar-refractivity contribution in [2.75, 3.05) is 6.54 Å². The van der Waals surface area contributed by atoms with Crippen LogP contribution < -0.4 is 0 Å². The van der Waals surface area contributed by atoms with Crippen molar-refractivity contribution in [2.24, 2.45) is 0 Å². The third kappa shape index (κ3) is 3.32. The minimum atomic E-state index is -0.323. The number of hydrogen-bond donors (Lipinski definition) is 0. The number of carbonyl (C=O) groups excluding carboxylic acids is 1. The van der Waals surface area contributed by atoms with Gasteiger partial charge >= 0.3 is 0 Å². The number of amides is 1. The predicted octanol–water partition coefficient (Wildman–Crippen LogP) is 2.76. The molecule has 0 aromatic carbocycles. The van der Waals surface area contributed by atoms with Crippen molar-refractivity contribution in [3.8, 4) is 6.07 Å². The van der Waals surface area contributed by atoms with E-state index in [0.29, 0.717) is 0 Å². The van der Waals surface area contributed by atoms with Gasteiger partial charge in [0.25, 0.3) is 5.91 Å². The van der Waals surface area contributed by atoms with Crippen LogP contribution in [-0.4, -0.2) is 28.4 Å². The minimum absolute atomic E-state index is 0.00672. The third-order valence-corrected chi connectivity index (χ3v) is 2.69. The summed E-state index contributed by atoms with van der Waals surface area (Å²) in [4.78, 5) is 17.3. The van der Waals surface area contributed by atoms with Gasteiger partial charge in [0.2, 0.25) is 0 Å². The lowest BCUT2D eigenvalue weighted by atomic mass is 10.2. The van der Waals surface area contributed by atoms with E-state index in [1.54, 1.807) is 0 Å². The molecular weight excluding hydrogens is 261 g/mol. The van der Waals surface area contributed by atoms with E-state index in [0.717, 1.165) is 0 Å². The van der Waals surface area contributed by atoms with Gasteiger partial charge in [-0.15, -0.1) is 0 Å². The zero-order valence-electron chi connectivity index (χ0n) is 9.44. The Bertz CT molecular complexity index is 468. The average Bonchev–Trinajstić information content (AvgIpc) is 2.28. The van der Waals surface area contributed by atoms with Gasteiger partial charge < -0.3 is 4.90 Å². The first-order valence-corrected chi connectivity index (χ1v) is 5.72. The van der Waals surface area contributed by atoms with E-state index in [4.69, 9.17) is 28.5 Å². The fraction of sp³-hybridized carbons (Fsp3) is 0.364. The molecule has 1 rings (SSSR count). The second kappa shape index (κ2) is 5.85. The fourth-order valence-electron chi connectivity index (χ4n) is 1.30. The van der Waals surface area contributed by atoms with Crippen LogP contribution >= 0.6 is 23.2 Å². The number of carbonyl (C=O) groups is 1. The molecule has 0 unspecified atom stereocenters. The quantitative estimate of drug-likeness (QED) is 0.628. The summed E-state index contributed by atoms with van der Waals surface area (Å²) in [6.07, 6.45) is 1.32. The summed E-state index contributed by atoms with van der Waals surface area (Å²) in [5.74, 6) is -0.323. The number of aromatic nitrogens is 1. The van der Waals surface area contributed by atoms with Gasteiger partial charge in [0.15, 0.2) is 0 Å². The van der Waals surface area contributed by atoms with Gasteiger partial charge in [-0.1, -0.05) is 23.2 Å². The van der Waals surface area contributed by atoms with Crippen LogP contribution in [0.1, 0.15) is 24.2 Å². The van der Waals surface area contributed by atoms with Crippen LogP contribution in [0.5, 0.6) is 0 Å². The van der Waals surface area contributed by atoms with Gasteiger partial charge in [0.1, 0.15) is 11.7 Å². The molecule has 1 aromatic heterocycles. The molecule has 0 bridgehead atoms. The Kier molecular flexibility index (Phi) is 4.73. The number of pyridine rings is 1. The number of nitrogens with zero attached hydrogens (tertiary/aromatic N) is 3. The molecule has 0 spiro atoms. The molecule has 0 atom stereocenters. The highest BCUT2D eigenvalue weighted by atomic mass is 35.5. The van der Waals surface area contributed by atoms with E-state index in [1.165, 1.54) is 17.2 Å². The zero-order valence-corrected chi connectivity index (χ0v) is 11.0. The zero-order chi connectivity index (χ0) is 13.0. The van der Waals surface area contributed by atoms with Crippen LogP contribution in [0.4, 0.5) is 0 Å². The molecule has 0 aliphatic rings. The van der Waals surface area contributed by atoms with E-state index in [9.17, 15) is 4.79 Å². The van der Waals surface area contributed by atoms with Crippen molar-refractivity contribution in [1.29, 1.82) is 5.26 Å². The average molecular weight is 272 g/mol. The molecule has 1 amide bonds. The highest BCUT2D eigenvalue weighted by Gasteiger charge is 2.21. The molecule has 90 valence electrons. The van der Waals surface area contributed by atoms with Crippen molar-refractivity contribution in [1.82, 2.24) is 9.88 Å². The Balaban J connectivity index is 3.10. The van der Waals surface area contributed by atoms with Gasteiger partial charge in [-0.25, -0.2) is 4.98 Å². The van der Waals surface area contributed by atoms with Gasteiger partial charge in [-0.3, -0.25) is 4.79 Å². The summed E-state index contributed by atoms with van der Waals surface area (Å²) < 4.78 is 0. The summed E-state index contributed by atoms with van der Waals surface area (Å²) in [6.45, 7) is 3.66. The van der Waals surface area contributed by atoms with Crippen LogP contribution in [0.15, 0.2) is 12.3 Å². The van der Waals surface area contributed by atoms with Crippen molar-refractivity contribution in [3.05, 3.63) is 28.0 Å². The van der Waals surface area contributed by atoms with Crippen LogP contribution in [0.2, 0.25) is 10.2 Å². The molecular formula is C11H11Cl2N3O. The molecule has 1 heterocycles. The molecule has 17 heavy (non-hydrogen) atoms. The lowest BCUT2D eigenvalue weighted by Crippen LogP contribution is -2.37. The first-order chi connectivity index (χ1) is 7.97. The molecule has 4 nitrogen and oxygen atoms in total. The Hall–Kier alpha value is -1.31. The van der Waals surface area contributed by atoms with Crippen molar-refractivity contribution in [2.45, 2.75) is 19.9 Å². The molecule has 0 N–H and O–H groups in total. The third-order valence-electron chi connectivity index (χ3n) is 2.18. The predicted molar refractivity (Wildman–Crippen MR) is 66.0 cm³/mol. The van der Waals surface area contributed by atoms with Gasteiger partial charge in [-0.2, -0.15) is 5.26 Å². The van der Waals surface area contributed by atoms with E-state index in [1.807, 2.05) is 19.9 Å². The van der Waals surface area contributed by atoms with Crippen molar-refractivity contribution >= 4 is 29.1 Å². The molecule has 0 aliphatic carbocycles. The number of rotatable bonds is 3. The summed E-state index contributed by atoms with van der Waals surface area (Å²) in [5.41, 5.74) is 0.260. The second-order valence-electron chi connectivity index (χ2n) is 3.67. The molecule has 1 aromatic rings. The maximum atomic E-state index is 12.2. The first kappa shape index (κ1) is 13.8. The molecule has 0 saturated heterocycles. The standard InChI is InChI=1S/C11H11Cl2N3O/c1-7(2)16(4-3-14)11(17)8-5-10(13)15-6-9(8)12/h5-7H,4H2,1-2H3. The lowest BCUT2D eigenvalue weighted by Gasteiger charge is -2.24. The van der Waals surface area contributed by atoms with Gasteiger partial charge in [-0.05, 0) is 19.9 Å². The topological polar surface area (TPSA) is 57.0 Å². The molecule has 0 radical (unpaired) electrons. The first-order valence-electron chi connectivity index (χ1n) is 4.96. The normalized spacial score (nSPS) is 10.1. The van der Waals surface area contributed by atoms with E-state index < -0.39 is 0 Å². The smallest absolute Gasteiger partial charge is 0.256 e. The highest BCUT2D eigenvalue weighted by Crippen LogP contribution is 2.20. The van der Waals surface area contributed by atoms with Crippen LogP contribution in [0.3, 0.4) is 0 Å². The van der Waals surface area contributed by atoms with E-state index >= 15 is 0 Å². The van der Waals surface area contributed by atoms with Crippen LogP contribution in [-0.2, 0) is 0 Å². The SMILES string of the molecule is CC(C)N(CC#N)C(=O)c1cc(Cl)ncc1Cl. The molecule has 6 heteroatoms. The second-order valence-corrected chi connectivity index (χ2v) is 4.47. The Morgan fingerprint density at radius 3 is 2.76 bits per heavy atom. The molecule has 0 saturated carbocycles. The monoisotopic (exact) mass is 271 g/mol. The Morgan fingerprint density at radius 2 is 2.24 bits per heavy atom. The van der Waals surface area contributed by atoms with E-state index in [2.05, 4.69) is 4.98 Å². The van der Waals surface area contributed by atoms with Crippen molar-refractivity contribution < 1.29 is 4.79 Å². The number of hydrogen-bond acceptors (Lipinski definition) is 3. The summed E-state index contributed by atoms with van der Waals surface area (Å²) >= 11 is 11.6. The van der Waals surface area contributed by atoms with E-state index in [-0.39, 0.29) is 34.2 Å². The van der Waals surface area contributed by atoms with Crippen LogP contribution in [0, 0.1) is 11.3 Å². The largest absolute Gasteiger partial charge is 0.323 e. The Labute approximate surface area is 110 Å². The molecule has 0 aliphatic heterocycles. The summed E-state index contributed by atoms with van der Waals surface area (Å²) in [5, 5.41) is 9.11. The minimum Gasteiger partial charge on any atom is -0.323 e. The number of nitriles is 1. The maximum absolute atomic E-state index is 12.2. The fourth-order valence-corrected chi connectivity index (χ4v) is 1.64. The Morgan fingerprint density at radius 1 is 1.59 bits per heavy atom. The highest BCUT2D eigenvalue weighted by molar-refractivity contribution is 6.35.